The molecule has 3 aromatic carbocycles. The Morgan fingerprint density at radius 2 is 1.57 bits per heavy atom. The lowest BCUT2D eigenvalue weighted by atomic mass is 10.1. The number of sulfonamides is 1. The number of alkyl halides is 3. The molecule has 0 fully saturated rings. The van der Waals surface area contributed by atoms with E-state index in [4.69, 9.17) is 23.2 Å². The zero-order valence-electron chi connectivity index (χ0n) is 21.7. The largest absolute Gasteiger partial charge is 0.417 e. The summed E-state index contributed by atoms with van der Waals surface area (Å²) in [4.78, 5) is 27.1. The van der Waals surface area contributed by atoms with Crippen LogP contribution in [0.5, 0.6) is 0 Å². The molecule has 0 radical (unpaired) electrons. The first kappa shape index (κ1) is 31.3. The minimum absolute atomic E-state index is 0.0998. The van der Waals surface area contributed by atoms with Crippen molar-refractivity contribution in [3.05, 3.63) is 93.5 Å². The number of benzene rings is 3. The molecule has 1 unspecified atom stereocenters. The first-order chi connectivity index (χ1) is 18.6. The first-order valence-corrected chi connectivity index (χ1v) is 14.1. The number of nitrogens with zero attached hydrogens (tertiary/aromatic N) is 2. The highest BCUT2D eigenvalue weighted by Gasteiger charge is 2.36. The van der Waals surface area contributed by atoms with Crippen LogP contribution < -0.4 is 9.62 Å². The predicted octanol–water partition coefficient (Wildman–Crippen LogP) is 5.68. The van der Waals surface area contributed by atoms with Gasteiger partial charge in [-0.3, -0.25) is 13.9 Å². The lowest BCUT2D eigenvalue weighted by molar-refractivity contribution is -0.139. The molecule has 3 aromatic rings. The zero-order valence-corrected chi connectivity index (χ0v) is 24.0. The third-order valence-electron chi connectivity index (χ3n) is 6.11. The van der Waals surface area contributed by atoms with Crippen LogP contribution in [-0.2, 0) is 32.3 Å². The van der Waals surface area contributed by atoms with Crippen molar-refractivity contribution < 1.29 is 31.2 Å². The number of rotatable bonds is 9. The molecule has 0 saturated heterocycles. The van der Waals surface area contributed by atoms with E-state index in [1.807, 2.05) is 0 Å². The van der Waals surface area contributed by atoms with Crippen LogP contribution in [0, 0.1) is 6.92 Å². The quantitative estimate of drug-likeness (QED) is 0.335. The Labute approximate surface area is 240 Å². The van der Waals surface area contributed by atoms with Gasteiger partial charge in [-0.25, -0.2) is 8.42 Å². The average Bonchev–Trinajstić information content (AvgIpc) is 2.90. The van der Waals surface area contributed by atoms with Crippen molar-refractivity contribution in [3.8, 4) is 0 Å². The summed E-state index contributed by atoms with van der Waals surface area (Å²) in [5.74, 6) is -1.36. The van der Waals surface area contributed by atoms with Crippen molar-refractivity contribution in [1.29, 1.82) is 0 Å². The maximum atomic E-state index is 13.8. The van der Waals surface area contributed by atoms with Gasteiger partial charge in [-0.1, -0.05) is 53.0 Å². The van der Waals surface area contributed by atoms with Gasteiger partial charge in [0.15, 0.2) is 0 Å². The summed E-state index contributed by atoms with van der Waals surface area (Å²) >= 11 is 11.7. The number of hydrogen-bond acceptors (Lipinski definition) is 4. The Morgan fingerprint density at radius 3 is 2.12 bits per heavy atom. The highest BCUT2D eigenvalue weighted by Crippen LogP contribution is 2.38. The average molecular weight is 616 g/mol. The van der Waals surface area contributed by atoms with Crippen molar-refractivity contribution in [2.24, 2.45) is 0 Å². The van der Waals surface area contributed by atoms with Crippen LogP contribution in [0.4, 0.5) is 18.9 Å². The molecule has 2 amide bonds. The molecule has 0 aliphatic rings. The van der Waals surface area contributed by atoms with Gasteiger partial charge in [-0.2, -0.15) is 13.2 Å². The number of carbonyl (C=O) groups excluding carboxylic acids is 2. The smallest absolute Gasteiger partial charge is 0.357 e. The van der Waals surface area contributed by atoms with Crippen LogP contribution in [0.15, 0.2) is 71.6 Å². The lowest BCUT2D eigenvalue weighted by Gasteiger charge is -2.32. The van der Waals surface area contributed by atoms with Crippen molar-refractivity contribution in [3.63, 3.8) is 0 Å². The minimum atomic E-state index is -4.88. The highest BCUT2D eigenvalue weighted by atomic mass is 35.5. The van der Waals surface area contributed by atoms with E-state index in [0.717, 1.165) is 22.6 Å². The topological polar surface area (TPSA) is 86.8 Å². The summed E-state index contributed by atoms with van der Waals surface area (Å²) in [6.07, 6.45) is -4.88. The van der Waals surface area contributed by atoms with E-state index in [-0.39, 0.29) is 11.4 Å². The number of nitrogens with one attached hydrogen (secondary N) is 1. The fourth-order valence-corrected chi connectivity index (χ4v) is 5.59. The Hall–Kier alpha value is -3.28. The third-order valence-corrected chi connectivity index (χ3v) is 8.48. The maximum Gasteiger partial charge on any atom is 0.417 e. The number of carbonyl (C=O) groups is 2. The van der Waals surface area contributed by atoms with Gasteiger partial charge in [0.2, 0.25) is 11.8 Å². The van der Waals surface area contributed by atoms with Gasteiger partial charge < -0.3 is 10.2 Å². The van der Waals surface area contributed by atoms with Crippen LogP contribution in [0.3, 0.4) is 0 Å². The van der Waals surface area contributed by atoms with Crippen LogP contribution in [0.2, 0.25) is 10.0 Å². The molecule has 0 bridgehead atoms. The SMILES string of the molecule is CNC(=O)C(C)N(Cc1ccc(Cl)cc1)C(=O)CN(c1ccc(Cl)c(C(F)(F)F)c1)S(=O)(=O)c1ccc(C)cc1. The number of halogens is 5. The number of amides is 2. The molecule has 0 aromatic heterocycles. The van der Waals surface area contributed by atoms with E-state index in [9.17, 15) is 31.2 Å². The maximum absolute atomic E-state index is 13.8. The van der Waals surface area contributed by atoms with Crippen molar-refractivity contribution in [1.82, 2.24) is 10.2 Å². The third kappa shape index (κ3) is 7.26. The van der Waals surface area contributed by atoms with Crippen LogP contribution in [0.25, 0.3) is 0 Å². The zero-order chi connectivity index (χ0) is 29.8. The molecular formula is C27H26Cl2F3N3O4S. The monoisotopic (exact) mass is 615 g/mol. The molecule has 7 nitrogen and oxygen atoms in total. The summed E-state index contributed by atoms with van der Waals surface area (Å²) in [7, 11) is -3.17. The van der Waals surface area contributed by atoms with E-state index in [1.54, 1.807) is 31.2 Å². The number of hydrogen-bond donors (Lipinski definition) is 1. The number of aryl methyl sites for hydroxylation is 1. The molecular weight excluding hydrogens is 590 g/mol. The lowest BCUT2D eigenvalue weighted by Crippen LogP contribution is -2.50. The van der Waals surface area contributed by atoms with Gasteiger partial charge in [-0.05, 0) is 61.9 Å². The van der Waals surface area contributed by atoms with Crippen molar-refractivity contribution in [2.75, 3.05) is 17.9 Å². The second-order valence-electron chi connectivity index (χ2n) is 8.92. The normalized spacial score (nSPS) is 12.5. The number of anilines is 1. The molecule has 1 atom stereocenters. The molecule has 0 aliphatic heterocycles. The molecule has 13 heteroatoms. The Morgan fingerprint density at radius 1 is 0.975 bits per heavy atom. The summed E-state index contributed by atoms with van der Waals surface area (Å²) < 4.78 is 69.1. The highest BCUT2D eigenvalue weighted by molar-refractivity contribution is 7.92. The van der Waals surface area contributed by atoms with Gasteiger partial charge in [0, 0.05) is 18.6 Å². The fourth-order valence-electron chi connectivity index (χ4n) is 3.83. The molecule has 0 aliphatic carbocycles. The Kier molecular flexibility index (Phi) is 9.76. The van der Waals surface area contributed by atoms with Crippen molar-refractivity contribution in [2.45, 2.75) is 37.5 Å². The van der Waals surface area contributed by atoms with E-state index in [1.165, 1.54) is 38.2 Å². The van der Waals surface area contributed by atoms with Gasteiger partial charge in [0.05, 0.1) is 21.2 Å². The molecule has 0 saturated carbocycles. The fraction of sp³-hybridized carbons (Fsp3) is 0.259. The minimum Gasteiger partial charge on any atom is -0.357 e. The van der Waals surface area contributed by atoms with E-state index >= 15 is 0 Å². The number of likely N-dealkylation sites (N-methyl/N-ethyl adjacent to an activating group) is 1. The molecule has 1 N–H and O–H groups in total. The second-order valence-corrected chi connectivity index (χ2v) is 11.6. The van der Waals surface area contributed by atoms with Gasteiger partial charge in [0.1, 0.15) is 12.6 Å². The van der Waals surface area contributed by atoms with Gasteiger partial charge >= 0.3 is 6.18 Å². The molecule has 214 valence electrons. The first-order valence-electron chi connectivity index (χ1n) is 11.9. The van der Waals surface area contributed by atoms with E-state index < -0.39 is 56.9 Å². The Bertz CT molecular complexity index is 1480. The van der Waals surface area contributed by atoms with Gasteiger partial charge in [0.25, 0.3) is 10.0 Å². The summed E-state index contributed by atoms with van der Waals surface area (Å²) in [5.41, 5.74) is -0.349. The van der Waals surface area contributed by atoms with E-state index in [0.29, 0.717) is 21.0 Å². The summed E-state index contributed by atoms with van der Waals surface area (Å²) in [6, 6.07) is 13.6. The van der Waals surface area contributed by atoms with Crippen LogP contribution in [0.1, 0.15) is 23.6 Å². The molecule has 0 heterocycles. The van der Waals surface area contributed by atoms with Crippen molar-refractivity contribution >= 4 is 50.7 Å². The van der Waals surface area contributed by atoms with Gasteiger partial charge in [-0.15, -0.1) is 0 Å². The molecule has 3 rings (SSSR count). The standard InChI is InChI=1S/C27H26Cl2F3N3O4S/c1-17-4-11-22(12-5-17)40(38,39)35(21-10-13-24(29)23(14-21)27(30,31)32)16-25(36)34(18(2)26(37)33-3)15-19-6-8-20(28)9-7-19/h4-14,18H,15-16H2,1-3H3,(H,33,37). The predicted molar refractivity (Wildman–Crippen MR) is 148 cm³/mol. The molecule has 0 spiro atoms. The second kappa shape index (κ2) is 12.5. The Balaban J connectivity index is 2.12. The molecule has 40 heavy (non-hydrogen) atoms. The van der Waals surface area contributed by atoms with E-state index in [2.05, 4.69) is 5.32 Å². The van der Waals surface area contributed by atoms with Crippen LogP contribution in [-0.4, -0.2) is 44.8 Å². The summed E-state index contributed by atoms with van der Waals surface area (Å²) in [6.45, 7) is 2.19. The summed E-state index contributed by atoms with van der Waals surface area (Å²) in [5, 5.41) is 2.26. The van der Waals surface area contributed by atoms with Crippen LogP contribution >= 0.6 is 23.2 Å².